The van der Waals surface area contributed by atoms with Crippen molar-refractivity contribution in [2.24, 2.45) is 0 Å². The van der Waals surface area contributed by atoms with Crippen LogP contribution in [0.25, 0.3) is 0 Å². The van der Waals surface area contributed by atoms with Gasteiger partial charge in [0.1, 0.15) is 9.96 Å². The number of methoxy groups -OCH3 is 1. The van der Waals surface area contributed by atoms with Crippen molar-refractivity contribution < 1.29 is 13.2 Å². The molecule has 2 aromatic rings. The molecule has 4 nitrogen and oxygen atoms in total. The van der Waals surface area contributed by atoms with Gasteiger partial charge in [-0.25, -0.2) is 13.1 Å². The minimum Gasteiger partial charge on any atom is -0.497 e. The number of nitrogens with one attached hydrogen (secondary N) is 1. The highest BCUT2D eigenvalue weighted by Gasteiger charge is 2.15. The van der Waals surface area contributed by atoms with Crippen molar-refractivity contribution in [1.29, 1.82) is 0 Å². The van der Waals surface area contributed by atoms with Gasteiger partial charge in [-0.15, -0.1) is 11.3 Å². The van der Waals surface area contributed by atoms with Crippen LogP contribution in [0, 0.1) is 0 Å². The van der Waals surface area contributed by atoms with E-state index in [1.807, 2.05) is 18.2 Å². The van der Waals surface area contributed by atoms with Gasteiger partial charge in [0.2, 0.25) is 10.0 Å². The first-order valence-corrected chi connectivity index (χ1v) is 8.48. The van der Waals surface area contributed by atoms with E-state index in [0.717, 1.165) is 9.35 Å². The van der Waals surface area contributed by atoms with Gasteiger partial charge in [-0.2, -0.15) is 0 Å². The zero-order chi connectivity index (χ0) is 13.9. The minimum atomic E-state index is -3.46. The van der Waals surface area contributed by atoms with Gasteiger partial charge in [-0.05, 0) is 45.8 Å². The molecule has 0 aliphatic carbocycles. The van der Waals surface area contributed by atoms with E-state index in [1.165, 1.54) is 11.3 Å². The van der Waals surface area contributed by atoms with E-state index in [2.05, 4.69) is 20.7 Å². The van der Waals surface area contributed by atoms with Gasteiger partial charge in [0.05, 0.1) is 10.9 Å². The first-order valence-electron chi connectivity index (χ1n) is 5.39. The maximum absolute atomic E-state index is 12.0. The van der Waals surface area contributed by atoms with Crippen molar-refractivity contribution >= 4 is 37.3 Å². The molecule has 1 N–H and O–H groups in total. The second kappa shape index (κ2) is 6.04. The van der Waals surface area contributed by atoms with E-state index in [9.17, 15) is 8.42 Å². The Morgan fingerprint density at radius 2 is 2.11 bits per heavy atom. The van der Waals surface area contributed by atoms with Crippen molar-refractivity contribution in [3.63, 3.8) is 0 Å². The predicted octanol–water partition coefficient (Wildman–Crippen LogP) is 3.00. The molecule has 1 aromatic heterocycles. The van der Waals surface area contributed by atoms with Gasteiger partial charge in [0.25, 0.3) is 0 Å². The number of hydrogen-bond acceptors (Lipinski definition) is 4. The zero-order valence-corrected chi connectivity index (χ0v) is 13.3. The summed E-state index contributed by atoms with van der Waals surface area (Å²) in [6, 6.07) is 10.6. The van der Waals surface area contributed by atoms with E-state index in [0.29, 0.717) is 9.96 Å². The van der Waals surface area contributed by atoms with Crippen LogP contribution in [0.2, 0.25) is 0 Å². The molecule has 1 heterocycles. The van der Waals surface area contributed by atoms with Crippen molar-refractivity contribution in [3.05, 3.63) is 45.7 Å². The number of ether oxygens (including phenoxy) is 1. The van der Waals surface area contributed by atoms with Crippen LogP contribution in [0.4, 0.5) is 0 Å². The average Bonchev–Trinajstić information content (AvgIpc) is 2.84. The lowest BCUT2D eigenvalue weighted by atomic mass is 10.2. The van der Waals surface area contributed by atoms with Crippen LogP contribution in [0.5, 0.6) is 5.75 Å². The standard InChI is InChI=1S/C12H12BrNO3S2/c1-17-10-4-2-3-9(7-10)8-14-19(15,16)12-6-5-11(13)18-12/h2-7,14H,8H2,1H3. The van der Waals surface area contributed by atoms with Crippen molar-refractivity contribution in [1.82, 2.24) is 4.72 Å². The number of halogens is 1. The van der Waals surface area contributed by atoms with Crippen molar-refractivity contribution in [3.8, 4) is 5.75 Å². The molecule has 0 unspecified atom stereocenters. The Labute approximate surface area is 124 Å². The Bertz CT molecular complexity index is 667. The average molecular weight is 362 g/mol. The number of benzene rings is 1. The minimum absolute atomic E-state index is 0.231. The second-order valence-corrected chi connectivity index (χ2v) is 8.19. The lowest BCUT2D eigenvalue weighted by Gasteiger charge is -2.06. The van der Waals surface area contributed by atoms with Gasteiger partial charge < -0.3 is 4.74 Å². The van der Waals surface area contributed by atoms with Crippen LogP contribution in [0.15, 0.2) is 44.4 Å². The molecule has 0 saturated carbocycles. The monoisotopic (exact) mass is 361 g/mol. The third-order valence-corrected chi connectivity index (χ3v) is 5.93. The molecule has 0 atom stereocenters. The molecule has 7 heteroatoms. The SMILES string of the molecule is COc1cccc(CNS(=O)(=O)c2ccc(Br)s2)c1. The molecule has 0 radical (unpaired) electrons. The highest BCUT2D eigenvalue weighted by Crippen LogP contribution is 2.26. The van der Waals surface area contributed by atoms with Crippen LogP contribution < -0.4 is 9.46 Å². The normalized spacial score (nSPS) is 11.5. The largest absolute Gasteiger partial charge is 0.497 e. The Kier molecular flexibility index (Phi) is 4.62. The number of sulfonamides is 1. The van der Waals surface area contributed by atoms with Gasteiger partial charge in [-0.1, -0.05) is 12.1 Å². The summed E-state index contributed by atoms with van der Waals surface area (Å²) in [5, 5.41) is 0. The predicted molar refractivity (Wildman–Crippen MR) is 79.0 cm³/mol. The molecule has 19 heavy (non-hydrogen) atoms. The smallest absolute Gasteiger partial charge is 0.250 e. The highest BCUT2D eigenvalue weighted by atomic mass is 79.9. The molecule has 2 rings (SSSR count). The molecule has 0 bridgehead atoms. The molecule has 0 fully saturated rings. The molecular weight excluding hydrogens is 350 g/mol. The van der Waals surface area contributed by atoms with Crippen LogP contribution in [-0.2, 0) is 16.6 Å². The Hall–Kier alpha value is -0.890. The summed E-state index contributed by atoms with van der Waals surface area (Å²) in [5.74, 6) is 0.704. The Morgan fingerprint density at radius 3 is 2.74 bits per heavy atom. The molecule has 0 amide bonds. The van der Waals surface area contributed by atoms with Crippen LogP contribution in [0.1, 0.15) is 5.56 Å². The van der Waals surface area contributed by atoms with E-state index in [1.54, 1.807) is 25.3 Å². The molecule has 0 aliphatic heterocycles. The van der Waals surface area contributed by atoms with E-state index < -0.39 is 10.0 Å². The third kappa shape index (κ3) is 3.79. The summed E-state index contributed by atoms with van der Waals surface area (Å²) in [4.78, 5) is 0. The summed E-state index contributed by atoms with van der Waals surface area (Å²) < 4.78 is 32.8. The maximum atomic E-state index is 12.0. The van der Waals surface area contributed by atoms with E-state index >= 15 is 0 Å². The number of hydrogen-bond donors (Lipinski definition) is 1. The lowest BCUT2D eigenvalue weighted by Crippen LogP contribution is -2.22. The fourth-order valence-corrected chi connectivity index (χ4v) is 4.55. The number of thiophene rings is 1. The van der Waals surface area contributed by atoms with Gasteiger partial charge >= 0.3 is 0 Å². The van der Waals surface area contributed by atoms with Crippen molar-refractivity contribution in [2.75, 3.05) is 7.11 Å². The molecule has 0 saturated heterocycles. The van der Waals surface area contributed by atoms with Crippen LogP contribution in [-0.4, -0.2) is 15.5 Å². The first kappa shape index (κ1) is 14.5. The lowest BCUT2D eigenvalue weighted by molar-refractivity contribution is 0.414. The summed E-state index contributed by atoms with van der Waals surface area (Å²) in [7, 11) is -1.88. The molecular formula is C12H12BrNO3S2. The fraction of sp³-hybridized carbons (Fsp3) is 0.167. The molecule has 0 spiro atoms. The Morgan fingerprint density at radius 1 is 1.32 bits per heavy atom. The maximum Gasteiger partial charge on any atom is 0.250 e. The highest BCUT2D eigenvalue weighted by molar-refractivity contribution is 9.11. The topological polar surface area (TPSA) is 55.4 Å². The van der Waals surface area contributed by atoms with Crippen LogP contribution in [0.3, 0.4) is 0 Å². The third-order valence-electron chi connectivity index (χ3n) is 2.41. The zero-order valence-electron chi connectivity index (χ0n) is 10.1. The fourth-order valence-electron chi connectivity index (χ4n) is 1.47. The van der Waals surface area contributed by atoms with E-state index in [4.69, 9.17) is 4.74 Å². The summed E-state index contributed by atoms with van der Waals surface area (Å²) in [6.07, 6.45) is 0. The van der Waals surface area contributed by atoms with Gasteiger partial charge in [-0.3, -0.25) is 0 Å². The summed E-state index contributed by atoms with van der Waals surface area (Å²) >= 11 is 4.43. The molecule has 1 aromatic carbocycles. The quantitative estimate of drug-likeness (QED) is 0.890. The summed E-state index contributed by atoms with van der Waals surface area (Å²) in [6.45, 7) is 0.231. The van der Waals surface area contributed by atoms with Gasteiger partial charge in [0.15, 0.2) is 0 Å². The van der Waals surface area contributed by atoms with Gasteiger partial charge in [0, 0.05) is 6.54 Å². The van der Waals surface area contributed by atoms with Crippen molar-refractivity contribution in [2.45, 2.75) is 10.8 Å². The Balaban J connectivity index is 2.09. The molecule has 102 valence electrons. The first-order chi connectivity index (χ1) is 9.01. The van der Waals surface area contributed by atoms with Crippen LogP contribution >= 0.6 is 27.3 Å². The van der Waals surface area contributed by atoms with E-state index in [-0.39, 0.29) is 6.54 Å². The number of rotatable bonds is 5. The second-order valence-electron chi connectivity index (χ2n) is 3.73. The molecule has 0 aliphatic rings. The summed E-state index contributed by atoms with van der Waals surface area (Å²) in [5.41, 5.74) is 0.846.